The predicted molar refractivity (Wildman–Crippen MR) is 108 cm³/mol. The number of rotatable bonds is 10. The minimum atomic E-state index is -3.71. The summed E-state index contributed by atoms with van der Waals surface area (Å²) >= 11 is 0. The molecule has 2 rings (SSSR count). The number of methoxy groups -OCH3 is 1. The Balaban J connectivity index is 1.90. The Morgan fingerprint density at radius 3 is 2.34 bits per heavy atom. The van der Waals surface area contributed by atoms with Gasteiger partial charge in [0.15, 0.2) is 0 Å². The van der Waals surface area contributed by atoms with Crippen molar-refractivity contribution in [3.63, 3.8) is 0 Å². The Labute approximate surface area is 170 Å². The fraction of sp³-hybridized carbons (Fsp3) is 0.350. The maximum Gasteiger partial charge on any atom is 0.235 e. The van der Waals surface area contributed by atoms with Crippen LogP contribution in [0, 0.1) is 5.82 Å². The van der Waals surface area contributed by atoms with E-state index in [-0.39, 0.29) is 24.8 Å². The molecule has 158 valence electrons. The molecule has 1 amide bonds. The Kier molecular flexibility index (Phi) is 7.98. The maximum absolute atomic E-state index is 13.8. The van der Waals surface area contributed by atoms with Gasteiger partial charge in [-0.1, -0.05) is 18.2 Å². The largest absolute Gasteiger partial charge is 0.497 e. The quantitative estimate of drug-likeness (QED) is 0.632. The van der Waals surface area contributed by atoms with Gasteiger partial charge in [-0.15, -0.1) is 0 Å². The van der Waals surface area contributed by atoms with Crippen molar-refractivity contribution in [1.29, 1.82) is 0 Å². The van der Waals surface area contributed by atoms with Gasteiger partial charge >= 0.3 is 0 Å². The third-order valence-corrected chi connectivity index (χ3v) is 5.26. The van der Waals surface area contributed by atoms with E-state index in [1.165, 1.54) is 18.2 Å². The third-order valence-electron chi connectivity index (χ3n) is 4.06. The van der Waals surface area contributed by atoms with Gasteiger partial charge in [0.2, 0.25) is 15.9 Å². The van der Waals surface area contributed by atoms with Crippen molar-refractivity contribution in [2.24, 2.45) is 0 Å². The molecule has 7 nitrogen and oxygen atoms in total. The van der Waals surface area contributed by atoms with E-state index in [0.717, 1.165) is 10.6 Å². The van der Waals surface area contributed by atoms with Crippen molar-refractivity contribution in [2.45, 2.75) is 19.5 Å². The number of nitrogens with one attached hydrogen (secondary N) is 1. The number of hydrogen-bond donors (Lipinski definition) is 1. The minimum absolute atomic E-state index is 0.196. The predicted octanol–water partition coefficient (Wildman–Crippen LogP) is 2.18. The molecule has 0 aliphatic heterocycles. The lowest BCUT2D eigenvalue weighted by molar-refractivity contribution is -0.122. The molecule has 0 aromatic heterocycles. The molecule has 0 bridgehead atoms. The minimum Gasteiger partial charge on any atom is -0.497 e. The van der Waals surface area contributed by atoms with Crippen molar-refractivity contribution in [3.05, 3.63) is 59.9 Å². The molecule has 1 unspecified atom stereocenters. The average molecular weight is 424 g/mol. The fourth-order valence-electron chi connectivity index (χ4n) is 2.52. The zero-order valence-electron chi connectivity index (χ0n) is 16.6. The number of sulfonamides is 1. The molecule has 0 fully saturated rings. The first-order valence-electron chi connectivity index (χ1n) is 8.93. The summed E-state index contributed by atoms with van der Waals surface area (Å²) in [5.41, 5.74) is 0.196. The lowest BCUT2D eigenvalue weighted by atomic mass is 10.2. The highest BCUT2D eigenvalue weighted by molar-refractivity contribution is 7.88. The third kappa shape index (κ3) is 7.35. The second-order valence-electron chi connectivity index (χ2n) is 6.58. The Hall–Kier alpha value is -2.65. The van der Waals surface area contributed by atoms with Gasteiger partial charge in [0.05, 0.1) is 26.0 Å². The highest BCUT2D eigenvalue weighted by atomic mass is 32.2. The van der Waals surface area contributed by atoms with Crippen molar-refractivity contribution in [1.82, 2.24) is 9.62 Å². The summed E-state index contributed by atoms with van der Waals surface area (Å²) in [6.07, 6.45) is 0.983. The molecular weight excluding hydrogens is 399 g/mol. The summed E-state index contributed by atoms with van der Waals surface area (Å²) in [6.45, 7) is 1.29. The molecule has 0 heterocycles. The first-order chi connectivity index (χ1) is 13.7. The first kappa shape index (κ1) is 22.6. The number of benzene rings is 2. The van der Waals surface area contributed by atoms with Gasteiger partial charge in [-0.25, -0.2) is 12.8 Å². The zero-order chi connectivity index (χ0) is 21.4. The molecule has 0 aliphatic carbocycles. The summed E-state index contributed by atoms with van der Waals surface area (Å²) in [5.74, 6) is 0.291. The number of amides is 1. The smallest absolute Gasteiger partial charge is 0.235 e. The van der Waals surface area contributed by atoms with Crippen LogP contribution < -0.4 is 14.8 Å². The first-order valence-corrected chi connectivity index (χ1v) is 10.8. The van der Waals surface area contributed by atoms with E-state index in [1.54, 1.807) is 44.4 Å². The van der Waals surface area contributed by atoms with Gasteiger partial charge in [0.25, 0.3) is 0 Å². The van der Waals surface area contributed by atoms with E-state index in [1.807, 2.05) is 0 Å². The number of hydrogen-bond acceptors (Lipinski definition) is 5. The van der Waals surface area contributed by atoms with Gasteiger partial charge in [-0.2, -0.15) is 4.31 Å². The van der Waals surface area contributed by atoms with Crippen LogP contribution in [0.5, 0.6) is 11.5 Å². The molecular formula is C20H25FN2O5S. The number of carbonyl (C=O) groups excluding carboxylic acids is 1. The van der Waals surface area contributed by atoms with E-state index < -0.39 is 28.3 Å². The van der Waals surface area contributed by atoms with Crippen molar-refractivity contribution < 1.29 is 27.1 Å². The highest BCUT2D eigenvalue weighted by Crippen LogP contribution is 2.17. The molecule has 0 saturated heterocycles. The molecule has 0 saturated carbocycles. The summed E-state index contributed by atoms with van der Waals surface area (Å²) in [6, 6.07) is 12.5. The van der Waals surface area contributed by atoms with Crippen molar-refractivity contribution in [3.8, 4) is 11.5 Å². The topological polar surface area (TPSA) is 84.9 Å². The monoisotopic (exact) mass is 424 g/mol. The van der Waals surface area contributed by atoms with E-state index in [4.69, 9.17) is 9.47 Å². The van der Waals surface area contributed by atoms with E-state index in [9.17, 15) is 17.6 Å². The number of carbonyl (C=O) groups is 1. The molecule has 0 spiro atoms. The molecule has 0 aliphatic rings. The molecule has 9 heteroatoms. The van der Waals surface area contributed by atoms with E-state index >= 15 is 0 Å². The van der Waals surface area contributed by atoms with Crippen LogP contribution in [-0.4, -0.2) is 51.2 Å². The Morgan fingerprint density at radius 2 is 1.76 bits per heavy atom. The van der Waals surface area contributed by atoms with Gasteiger partial charge in [-0.05, 0) is 37.3 Å². The van der Waals surface area contributed by atoms with Crippen LogP contribution in [-0.2, 0) is 21.4 Å². The normalized spacial score (nSPS) is 12.4. The molecule has 2 aromatic rings. The summed E-state index contributed by atoms with van der Waals surface area (Å²) < 4.78 is 49.5. The average Bonchev–Trinajstić information content (AvgIpc) is 2.67. The molecule has 2 aromatic carbocycles. The number of halogens is 1. The SMILES string of the molecule is COc1ccc(OCC(C)NC(=O)CN(Cc2ccccc2F)S(C)(=O)=O)cc1. The lowest BCUT2D eigenvalue weighted by Gasteiger charge is -2.21. The van der Waals surface area contributed by atoms with Crippen molar-refractivity contribution >= 4 is 15.9 Å². The molecule has 0 radical (unpaired) electrons. The van der Waals surface area contributed by atoms with Gasteiger partial charge < -0.3 is 14.8 Å². The number of ether oxygens (including phenoxy) is 2. The van der Waals surface area contributed by atoms with Crippen LogP contribution in [0.1, 0.15) is 12.5 Å². The van der Waals surface area contributed by atoms with Crippen LogP contribution in [0.2, 0.25) is 0 Å². The van der Waals surface area contributed by atoms with Gasteiger partial charge in [-0.3, -0.25) is 4.79 Å². The molecule has 1 atom stereocenters. The van der Waals surface area contributed by atoms with Gasteiger partial charge in [0, 0.05) is 12.1 Å². The summed E-state index contributed by atoms with van der Waals surface area (Å²) in [4.78, 5) is 12.3. The molecule has 1 N–H and O–H groups in total. The zero-order valence-corrected chi connectivity index (χ0v) is 17.4. The van der Waals surface area contributed by atoms with Crippen LogP contribution in [0.3, 0.4) is 0 Å². The number of nitrogens with zero attached hydrogens (tertiary/aromatic N) is 1. The van der Waals surface area contributed by atoms with E-state index in [2.05, 4.69) is 5.32 Å². The van der Waals surface area contributed by atoms with Gasteiger partial charge in [0.1, 0.15) is 23.9 Å². The second-order valence-corrected chi connectivity index (χ2v) is 8.56. The Bertz CT molecular complexity index is 919. The van der Waals surface area contributed by atoms with E-state index in [0.29, 0.717) is 11.5 Å². The van der Waals surface area contributed by atoms with Crippen LogP contribution in [0.4, 0.5) is 4.39 Å². The standard InChI is InChI=1S/C20H25FN2O5S/c1-15(14-28-18-10-8-17(27-2)9-11-18)22-20(24)13-23(29(3,25)26)12-16-6-4-5-7-19(16)21/h4-11,15H,12-14H2,1-3H3,(H,22,24). The fourth-order valence-corrected chi connectivity index (χ4v) is 3.25. The van der Waals surface area contributed by atoms with Crippen LogP contribution in [0.15, 0.2) is 48.5 Å². The summed E-state index contributed by atoms with van der Waals surface area (Å²) in [7, 11) is -2.14. The summed E-state index contributed by atoms with van der Waals surface area (Å²) in [5, 5.41) is 2.69. The van der Waals surface area contributed by atoms with Crippen LogP contribution >= 0.6 is 0 Å². The Morgan fingerprint density at radius 1 is 1.14 bits per heavy atom. The second kappa shape index (κ2) is 10.2. The van der Waals surface area contributed by atoms with Crippen LogP contribution in [0.25, 0.3) is 0 Å². The maximum atomic E-state index is 13.8. The van der Waals surface area contributed by atoms with Crippen molar-refractivity contribution in [2.75, 3.05) is 26.5 Å². The highest BCUT2D eigenvalue weighted by Gasteiger charge is 2.22. The molecule has 29 heavy (non-hydrogen) atoms. The lowest BCUT2D eigenvalue weighted by Crippen LogP contribution is -2.44.